The molecule has 1 aliphatic heterocycles. The second kappa shape index (κ2) is 4.45. The van der Waals surface area contributed by atoms with Crippen LogP contribution in [0.2, 0.25) is 0 Å². The largest absolute Gasteiger partial charge is 0.313 e. The van der Waals surface area contributed by atoms with Crippen LogP contribution >= 0.6 is 23.4 Å². The molecule has 0 spiro atoms. The SMILES string of the molecule is CN1C(=O)C(CCCl)Sc2ccccc21. The highest BCUT2D eigenvalue weighted by molar-refractivity contribution is 8.01. The van der Waals surface area contributed by atoms with Crippen LogP contribution < -0.4 is 4.90 Å². The number of rotatable bonds is 2. The number of hydrogen-bond donors (Lipinski definition) is 0. The van der Waals surface area contributed by atoms with Crippen molar-refractivity contribution in [1.82, 2.24) is 0 Å². The first kappa shape index (κ1) is 10.8. The Balaban J connectivity index is 2.32. The lowest BCUT2D eigenvalue weighted by Crippen LogP contribution is -2.38. The smallest absolute Gasteiger partial charge is 0.240 e. The highest BCUT2D eigenvalue weighted by atomic mass is 35.5. The van der Waals surface area contributed by atoms with Crippen molar-refractivity contribution in [3.63, 3.8) is 0 Å². The molecule has 0 radical (unpaired) electrons. The number of fused-ring (bicyclic) bond motifs is 1. The Bertz CT molecular complexity index is 383. The van der Waals surface area contributed by atoms with Gasteiger partial charge in [0.25, 0.3) is 0 Å². The van der Waals surface area contributed by atoms with Gasteiger partial charge >= 0.3 is 0 Å². The predicted molar refractivity (Wildman–Crippen MR) is 64.8 cm³/mol. The Morgan fingerprint density at radius 2 is 2.20 bits per heavy atom. The Labute approximate surface area is 98.6 Å². The van der Waals surface area contributed by atoms with E-state index in [-0.39, 0.29) is 11.2 Å². The van der Waals surface area contributed by atoms with E-state index in [2.05, 4.69) is 0 Å². The van der Waals surface area contributed by atoms with E-state index < -0.39 is 0 Å². The van der Waals surface area contributed by atoms with E-state index >= 15 is 0 Å². The summed E-state index contributed by atoms with van der Waals surface area (Å²) in [6.45, 7) is 0. The number of carbonyl (C=O) groups excluding carboxylic acids is 1. The van der Waals surface area contributed by atoms with E-state index in [0.29, 0.717) is 5.88 Å². The number of hydrogen-bond acceptors (Lipinski definition) is 2. The van der Waals surface area contributed by atoms with Crippen molar-refractivity contribution in [2.45, 2.75) is 16.6 Å². The molecule has 1 amide bonds. The van der Waals surface area contributed by atoms with Gasteiger partial charge < -0.3 is 4.90 Å². The van der Waals surface area contributed by atoms with Crippen LogP contribution in [0.1, 0.15) is 6.42 Å². The standard InChI is InChI=1S/C11H12ClNOS/c1-13-8-4-2-3-5-9(8)15-10(6-7-12)11(13)14/h2-5,10H,6-7H2,1H3. The zero-order valence-corrected chi connectivity index (χ0v) is 10.0. The molecule has 0 saturated heterocycles. The minimum Gasteiger partial charge on any atom is -0.313 e. The maximum absolute atomic E-state index is 11.9. The van der Waals surface area contributed by atoms with E-state index in [4.69, 9.17) is 11.6 Å². The highest BCUT2D eigenvalue weighted by Crippen LogP contribution is 2.39. The molecule has 4 heteroatoms. The Hall–Kier alpha value is -0.670. The minimum atomic E-state index is -0.0256. The van der Waals surface area contributed by atoms with E-state index in [0.717, 1.165) is 17.0 Å². The molecule has 0 aromatic heterocycles. The molecular weight excluding hydrogens is 230 g/mol. The molecule has 1 aliphatic rings. The van der Waals surface area contributed by atoms with E-state index in [1.807, 2.05) is 31.3 Å². The zero-order valence-electron chi connectivity index (χ0n) is 8.44. The number of nitrogens with zero attached hydrogens (tertiary/aromatic N) is 1. The fourth-order valence-electron chi connectivity index (χ4n) is 1.65. The maximum atomic E-state index is 11.9. The van der Waals surface area contributed by atoms with Crippen LogP contribution in [0.25, 0.3) is 0 Å². The molecule has 1 heterocycles. The van der Waals surface area contributed by atoms with Crippen molar-refractivity contribution >= 4 is 35.0 Å². The molecular formula is C11H12ClNOS. The van der Waals surface area contributed by atoms with Crippen LogP contribution in [-0.2, 0) is 4.79 Å². The number of anilines is 1. The first-order valence-electron chi connectivity index (χ1n) is 4.83. The Morgan fingerprint density at radius 1 is 1.47 bits per heavy atom. The molecule has 2 rings (SSSR count). The average molecular weight is 242 g/mol. The summed E-state index contributed by atoms with van der Waals surface area (Å²) in [7, 11) is 1.82. The maximum Gasteiger partial charge on any atom is 0.240 e. The highest BCUT2D eigenvalue weighted by Gasteiger charge is 2.30. The third-order valence-electron chi connectivity index (χ3n) is 2.47. The summed E-state index contributed by atoms with van der Waals surface area (Å²) in [5.74, 6) is 0.679. The van der Waals surface area contributed by atoms with Gasteiger partial charge in [-0.05, 0) is 18.6 Å². The van der Waals surface area contributed by atoms with E-state index in [1.165, 1.54) is 0 Å². The normalized spacial score (nSPS) is 20.3. The lowest BCUT2D eigenvalue weighted by atomic mass is 10.2. The quantitative estimate of drug-likeness (QED) is 0.743. The fraction of sp³-hybridized carbons (Fsp3) is 0.364. The van der Waals surface area contributed by atoms with Crippen LogP contribution in [0.4, 0.5) is 5.69 Å². The minimum absolute atomic E-state index is 0.0256. The van der Waals surface area contributed by atoms with E-state index in [1.54, 1.807) is 16.7 Å². The molecule has 1 atom stereocenters. The summed E-state index contributed by atoms with van der Waals surface area (Å²) >= 11 is 7.31. The monoisotopic (exact) mass is 241 g/mol. The van der Waals surface area contributed by atoms with Crippen molar-refractivity contribution in [3.8, 4) is 0 Å². The summed E-state index contributed by atoms with van der Waals surface area (Å²) in [5.41, 5.74) is 0.998. The number of thioether (sulfide) groups is 1. The lowest BCUT2D eigenvalue weighted by molar-refractivity contribution is -0.118. The van der Waals surface area contributed by atoms with Crippen LogP contribution in [0.5, 0.6) is 0 Å². The van der Waals surface area contributed by atoms with Gasteiger partial charge in [0.05, 0.1) is 10.9 Å². The van der Waals surface area contributed by atoms with Crippen molar-refractivity contribution < 1.29 is 4.79 Å². The first-order valence-corrected chi connectivity index (χ1v) is 6.24. The van der Waals surface area contributed by atoms with Gasteiger partial charge in [0.1, 0.15) is 0 Å². The van der Waals surface area contributed by atoms with Crippen LogP contribution in [0.15, 0.2) is 29.2 Å². The topological polar surface area (TPSA) is 20.3 Å². The van der Waals surface area contributed by atoms with Crippen molar-refractivity contribution in [1.29, 1.82) is 0 Å². The molecule has 1 aromatic rings. The van der Waals surface area contributed by atoms with Gasteiger partial charge in [-0.15, -0.1) is 23.4 Å². The third kappa shape index (κ3) is 1.99. The van der Waals surface area contributed by atoms with Gasteiger partial charge in [-0.3, -0.25) is 4.79 Å². The van der Waals surface area contributed by atoms with Crippen LogP contribution in [0, 0.1) is 0 Å². The van der Waals surface area contributed by atoms with Gasteiger partial charge in [-0.2, -0.15) is 0 Å². The van der Waals surface area contributed by atoms with Gasteiger partial charge in [0.2, 0.25) is 5.91 Å². The van der Waals surface area contributed by atoms with Crippen LogP contribution in [-0.4, -0.2) is 24.1 Å². The number of benzene rings is 1. The van der Waals surface area contributed by atoms with Crippen molar-refractivity contribution in [3.05, 3.63) is 24.3 Å². The summed E-state index contributed by atoms with van der Waals surface area (Å²) in [6.07, 6.45) is 0.726. The van der Waals surface area contributed by atoms with Gasteiger partial charge in [-0.1, -0.05) is 12.1 Å². The molecule has 15 heavy (non-hydrogen) atoms. The molecule has 1 aromatic carbocycles. The lowest BCUT2D eigenvalue weighted by Gasteiger charge is -2.30. The van der Waals surface area contributed by atoms with Crippen molar-refractivity contribution in [2.24, 2.45) is 0 Å². The molecule has 0 fully saturated rings. The second-order valence-electron chi connectivity index (χ2n) is 3.45. The average Bonchev–Trinajstić information content (AvgIpc) is 2.26. The van der Waals surface area contributed by atoms with Gasteiger partial charge in [-0.25, -0.2) is 0 Å². The third-order valence-corrected chi connectivity index (χ3v) is 4.01. The number of para-hydroxylation sites is 1. The van der Waals surface area contributed by atoms with Gasteiger partial charge in [0.15, 0.2) is 0 Å². The molecule has 0 aliphatic carbocycles. The number of amides is 1. The first-order chi connectivity index (χ1) is 7.24. The molecule has 0 bridgehead atoms. The summed E-state index contributed by atoms with van der Waals surface area (Å²) in [6, 6.07) is 7.96. The van der Waals surface area contributed by atoms with Gasteiger partial charge in [0, 0.05) is 17.8 Å². The van der Waals surface area contributed by atoms with Crippen LogP contribution in [0.3, 0.4) is 0 Å². The molecule has 1 unspecified atom stereocenters. The Morgan fingerprint density at radius 3 is 2.93 bits per heavy atom. The predicted octanol–water partition coefficient (Wildman–Crippen LogP) is 2.75. The number of halogens is 1. The van der Waals surface area contributed by atoms with E-state index in [9.17, 15) is 4.79 Å². The Kier molecular flexibility index (Phi) is 3.22. The molecule has 0 saturated carbocycles. The second-order valence-corrected chi connectivity index (χ2v) is 5.07. The summed E-state index contributed by atoms with van der Waals surface area (Å²) < 4.78 is 0. The molecule has 80 valence electrons. The zero-order chi connectivity index (χ0) is 10.8. The summed E-state index contributed by atoms with van der Waals surface area (Å²) in [4.78, 5) is 14.8. The van der Waals surface area contributed by atoms with Crippen molar-refractivity contribution in [2.75, 3.05) is 17.8 Å². The number of carbonyl (C=O) groups is 1. The molecule has 2 nitrogen and oxygen atoms in total. The summed E-state index contributed by atoms with van der Waals surface area (Å²) in [5, 5.41) is -0.0256. The molecule has 0 N–H and O–H groups in total. The fourth-order valence-corrected chi connectivity index (χ4v) is 3.29. The number of alkyl halides is 1.